The Kier molecular flexibility index (Phi) is 5.01. The number of aryl methyl sites for hydroxylation is 1. The van der Waals surface area contributed by atoms with Crippen molar-refractivity contribution in [2.45, 2.75) is 19.9 Å². The molecule has 0 aliphatic heterocycles. The number of aromatic nitrogens is 2. The fourth-order valence-corrected chi connectivity index (χ4v) is 4.70. The van der Waals surface area contributed by atoms with Crippen LogP contribution in [0, 0.1) is 6.92 Å². The van der Waals surface area contributed by atoms with Crippen LogP contribution in [0.5, 0.6) is 0 Å². The van der Waals surface area contributed by atoms with Gasteiger partial charge in [0.1, 0.15) is 10.0 Å². The summed E-state index contributed by atoms with van der Waals surface area (Å²) in [6.07, 6.45) is 0.309. The highest BCUT2D eigenvalue weighted by atomic mass is 32.1. The van der Waals surface area contributed by atoms with Gasteiger partial charge in [0.15, 0.2) is 0 Å². The second-order valence-corrected chi connectivity index (χ2v) is 8.49. The number of thiazole rings is 2. The topological polar surface area (TPSA) is 46.1 Å². The van der Waals surface area contributed by atoms with E-state index in [9.17, 15) is 4.79 Å². The molecule has 6 heteroatoms. The third-order valence-corrected chi connectivity index (χ3v) is 6.25. The highest BCUT2D eigenvalue weighted by molar-refractivity contribution is 7.18. The zero-order chi connectivity index (χ0) is 18.8. The van der Waals surface area contributed by atoms with Crippen molar-refractivity contribution in [1.29, 1.82) is 0 Å². The summed E-state index contributed by atoms with van der Waals surface area (Å²) in [5, 5.41) is 3.88. The molecule has 2 heterocycles. The van der Waals surface area contributed by atoms with Crippen LogP contribution in [-0.2, 0) is 17.8 Å². The highest BCUT2D eigenvalue weighted by Gasteiger charge is 2.15. The van der Waals surface area contributed by atoms with Crippen LogP contribution in [0.25, 0.3) is 20.8 Å². The average molecular weight is 394 g/mol. The number of hydrogen-bond donors (Lipinski definition) is 0. The molecule has 1 amide bonds. The van der Waals surface area contributed by atoms with Crippen molar-refractivity contribution in [3.63, 3.8) is 0 Å². The number of para-hydroxylation sites is 1. The molecule has 0 radical (unpaired) electrons. The minimum Gasteiger partial charge on any atom is -0.339 e. The number of hydrogen-bond acceptors (Lipinski definition) is 5. The van der Waals surface area contributed by atoms with Crippen LogP contribution in [0.3, 0.4) is 0 Å². The Balaban J connectivity index is 1.42. The van der Waals surface area contributed by atoms with Crippen LogP contribution in [0.1, 0.15) is 16.3 Å². The summed E-state index contributed by atoms with van der Waals surface area (Å²) in [7, 11) is 1.82. The molecule has 0 fully saturated rings. The fraction of sp³-hybridized carbons (Fsp3) is 0.190. The van der Waals surface area contributed by atoms with Gasteiger partial charge in [0.2, 0.25) is 5.91 Å². The molecule has 0 unspecified atom stereocenters. The lowest BCUT2D eigenvalue weighted by molar-refractivity contribution is -0.129. The molecule has 4 nitrogen and oxygen atoms in total. The Bertz CT molecular complexity index is 1070. The third kappa shape index (κ3) is 4.07. The molecule has 4 aromatic rings. The first-order valence-electron chi connectivity index (χ1n) is 8.68. The van der Waals surface area contributed by atoms with Gasteiger partial charge in [0.05, 0.1) is 28.9 Å². The summed E-state index contributed by atoms with van der Waals surface area (Å²) in [4.78, 5) is 23.6. The SMILES string of the molecule is Cc1cccc(-c2nc(CC(=O)N(C)Cc3nc4ccccc4s3)cs2)c1. The van der Waals surface area contributed by atoms with Gasteiger partial charge in [-0.15, -0.1) is 22.7 Å². The lowest BCUT2D eigenvalue weighted by atomic mass is 10.1. The number of carbonyl (C=O) groups is 1. The van der Waals surface area contributed by atoms with Gasteiger partial charge < -0.3 is 4.90 Å². The van der Waals surface area contributed by atoms with Crippen LogP contribution in [0.15, 0.2) is 53.9 Å². The van der Waals surface area contributed by atoms with E-state index in [1.165, 1.54) is 5.56 Å². The number of likely N-dealkylation sites (N-methyl/N-ethyl adjacent to an activating group) is 1. The van der Waals surface area contributed by atoms with Gasteiger partial charge in [0.25, 0.3) is 0 Å². The Hall–Kier alpha value is -2.57. The van der Waals surface area contributed by atoms with Gasteiger partial charge in [-0.1, -0.05) is 35.9 Å². The maximum absolute atomic E-state index is 12.6. The van der Waals surface area contributed by atoms with Crippen molar-refractivity contribution in [2.75, 3.05) is 7.05 Å². The van der Waals surface area contributed by atoms with E-state index in [0.29, 0.717) is 13.0 Å². The fourth-order valence-electron chi connectivity index (χ4n) is 2.87. The van der Waals surface area contributed by atoms with Gasteiger partial charge in [-0.2, -0.15) is 0 Å². The molecule has 4 rings (SSSR count). The summed E-state index contributed by atoms with van der Waals surface area (Å²) in [6.45, 7) is 2.59. The van der Waals surface area contributed by atoms with Crippen LogP contribution in [-0.4, -0.2) is 27.8 Å². The average Bonchev–Trinajstić information content (AvgIpc) is 3.28. The number of benzene rings is 2. The van der Waals surface area contributed by atoms with Crippen molar-refractivity contribution in [3.05, 3.63) is 70.2 Å². The lowest BCUT2D eigenvalue weighted by Gasteiger charge is -2.14. The first-order valence-corrected chi connectivity index (χ1v) is 10.4. The summed E-state index contributed by atoms with van der Waals surface area (Å²) < 4.78 is 1.15. The predicted octanol–water partition coefficient (Wildman–Crippen LogP) is 4.93. The molecule has 136 valence electrons. The van der Waals surface area contributed by atoms with Crippen LogP contribution >= 0.6 is 22.7 Å². The van der Waals surface area contributed by atoms with Crippen LogP contribution < -0.4 is 0 Å². The summed E-state index contributed by atoms with van der Waals surface area (Å²) in [5.74, 6) is 0.0512. The molecule has 0 saturated heterocycles. The third-order valence-electron chi connectivity index (χ3n) is 4.29. The molecule has 0 bridgehead atoms. The lowest BCUT2D eigenvalue weighted by Crippen LogP contribution is -2.27. The zero-order valence-corrected chi connectivity index (χ0v) is 16.8. The molecule has 0 saturated carbocycles. The molecule has 2 aromatic heterocycles. The number of fused-ring (bicyclic) bond motifs is 1. The van der Waals surface area contributed by atoms with Gasteiger partial charge in [-0.25, -0.2) is 9.97 Å². The summed E-state index contributed by atoms with van der Waals surface area (Å²) >= 11 is 3.21. The summed E-state index contributed by atoms with van der Waals surface area (Å²) in [5.41, 5.74) is 4.11. The second kappa shape index (κ2) is 7.58. The highest BCUT2D eigenvalue weighted by Crippen LogP contribution is 2.25. The Labute approximate surface area is 166 Å². The minimum absolute atomic E-state index is 0.0512. The molecule has 0 aliphatic carbocycles. The van der Waals surface area contributed by atoms with Crippen LogP contribution in [0.2, 0.25) is 0 Å². The van der Waals surface area contributed by atoms with Crippen molar-refractivity contribution in [3.8, 4) is 10.6 Å². The van der Waals surface area contributed by atoms with E-state index >= 15 is 0 Å². The molecule has 0 spiro atoms. The molecule has 0 atom stereocenters. The van der Waals surface area contributed by atoms with E-state index < -0.39 is 0 Å². The van der Waals surface area contributed by atoms with E-state index in [1.807, 2.05) is 36.7 Å². The summed E-state index contributed by atoms with van der Waals surface area (Å²) in [6, 6.07) is 16.3. The zero-order valence-electron chi connectivity index (χ0n) is 15.2. The quantitative estimate of drug-likeness (QED) is 0.483. The maximum atomic E-state index is 12.6. The van der Waals surface area contributed by atoms with Gasteiger partial charge in [-0.05, 0) is 25.1 Å². The molecule has 2 aromatic carbocycles. The minimum atomic E-state index is 0.0512. The first-order chi connectivity index (χ1) is 13.1. The number of carbonyl (C=O) groups excluding carboxylic acids is 1. The van der Waals surface area contributed by atoms with E-state index in [2.05, 4.69) is 41.2 Å². The molecular weight excluding hydrogens is 374 g/mol. The van der Waals surface area contributed by atoms with Gasteiger partial charge in [-0.3, -0.25) is 4.79 Å². The number of nitrogens with zero attached hydrogens (tertiary/aromatic N) is 3. The van der Waals surface area contributed by atoms with E-state index in [-0.39, 0.29) is 5.91 Å². The van der Waals surface area contributed by atoms with Crippen molar-refractivity contribution >= 4 is 38.8 Å². The Morgan fingerprint density at radius 2 is 1.96 bits per heavy atom. The van der Waals surface area contributed by atoms with Crippen molar-refractivity contribution in [2.24, 2.45) is 0 Å². The van der Waals surface area contributed by atoms with Crippen molar-refractivity contribution < 1.29 is 4.79 Å². The molecular formula is C21H19N3OS2. The standard InChI is InChI=1S/C21H19N3OS2/c1-14-6-5-7-15(10-14)21-22-16(13-26-21)11-20(25)24(2)12-19-23-17-8-3-4-9-18(17)27-19/h3-10,13H,11-12H2,1-2H3. The van der Waals surface area contributed by atoms with E-state index in [0.717, 1.165) is 31.5 Å². The smallest absolute Gasteiger partial charge is 0.228 e. The second-order valence-electron chi connectivity index (χ2n) is 6.52. The largest absolute Gasteiger partial charge is 0.339 e. The van der Waals surface area contributed by atoms with Crippen molar-refractivity contribution in [1.82, 2.24) is 14.9 Å². The van der Waals surface area contributed by atoms with Crippen LogP contribution in [0.4, 0.5) is 0 Å². The normalized spacial score (nSPS) is 11.0. The Morgan fingerprint density at radius 3 is 2.78 bits per heavy atom. The first kappa shape index (κ1) is 17.8. The Morgan fingerprint density at radius 1 is 1.11 bits per heavy atom. The monoisotopic (exact) mass is 393 g/mol. The molecule has 0 N–H and O–H groups in total. The predicted molar refractivity (Wildman–Crippen MR) is 112 cm³/mol. The van der Waals surface area contributed by atoms with Gasteiger partial charge in [0, 0.05) is 18.0 Å². The molecule has 27 heavy (non-hydrogen) atoms. The number of rotatable bonds is 5. The number of amides is 1. The maximum Gasteiger partial charge on any atom is 0.228 e. The van der Waals surface area contributed by atoms with E-state index in [1.54, 1.807) is 27.6 Å². The van der Waals surface area contributed by atoms with Gasteiger partial charge >= 0.3 is 0 Å². The van der Waals surface area contributed by atoms with E-state index in [4.69, 9.17) is 0 Å². The molecule has 0 aliphatic rings.